The Labute approximate surface area is 148 Å². The molecule has 0 saturated heterocycles. The highest BCUT2D eigenvalue weighted by Crippen LogP contribution is 2.41. The number of aldehydes is 1. The second kappa shape index (κ2) is 6.89. The van der Waals surface area contributed by atoms with Crippen LogP contribution in [0.25, 0.3) is 4.91 Å². The Balaban J connectivity index is 1.87. The number of rotatable bonds is 5. The first-order valence-corrected chi connectivity index (χ1v) is 8.28. The number of aromatic nitrogens is 2. The molecule has 1 aliphatic heterocycles. The van der Waals surface area contributed by atoms with Crippen molar-refractivity contribution in [3.63, 3.8) is 0 Å². The molecule has 25 heavy (non-hydrogen) atoms. The second-order valence-electron chi connectivity index (χ2n) is 5.37. The lowest BCUT2D eigenvalue weighted by Gasteiger charge is -2.16. The van der Waals surface area contributed by atoms with Gasteiger partial charge in [0.1, 0.15) is 5.37 Å². The first-order valence-electron chi connectivity index (χ1n) is 7.40. The molecule has 1 aromatic carbocycles. The Kier molecular flexibility index (Phi) is 4.66. The van der Waals surface area contributed by atoms with Gasteiger partial charge in [0, 0.05) is 36.8 Å². The Morgan fingerprint density at radius 1 is 1.40 bits per heavy atom. The highest BCUT2D eigenvalue weighted by Gasteiger charge is 2.28. The molecular weight excluding hydrogens is 342 g/mol. The monoisotopic (exact) mass is 357 g/mol. The van der Waals surface area contributed by atoms with E-state index < -0.39 is 4.92 Å². The van der Waals surface area contributed by atoms with Gasteiger partial charge in [-0.2, -0.15) is 0 Å². The topological polar surface area (TPSA) is 101 Å². The summed E-state index contributed by atoms with van der Waals surface area (Å²) < 4.78 is 0. The summed E-state index contributed by atoms with van der Waals surface area (Å²) in [6, 6.07) is 7.90. The number of nitro groups is 1. The van der Waals surface area contributed by atoms with Crippen molar-refractivity contribution in [3.05, 3.63) is 58.0 Å². The van der Waals surface area contributed by atoms with Crippen LogP contribution in [0.5, 0.6) is 0 Å². The number of allylic oxidation sites excluding steroid dienone is 1. The summed E-state index contributed by atoms with van der Waals surface area (Å²) >= 11 is 1.43. The SMILES string of the molecule is CC1=C(c2ccnc(Nc3cccc([N+](=O)[O-])c3)n2)SC(C=O)N1C. The Morgan fingerprint density at radius 3 is 2.88 bits per heavy atom. The number of nitrogens with zero attached hydrogens (tertiary/aromatic N) is 4. The highest BCUT2D eigenvalue weighted by atomic mass is 32.2. The number of likely N-dealkylation sites (N-methyl/N-ethyl adjacent to an activating group) is 1. The van der Waals surface area contributed by atoms with Crippen LogP contribution in [0.3, 0.4) is 0 Å². The van der Waals surface area contributed by atoms with Crippen molar-refractivity contribution in [1.29, 1.82) is 0 Å². The Morgan fingerprint density at radius 2 is 2.20 bits per heavy atom. The number of hydrogen-bond donors (Lipinski definition) is 1. The minimum atomic E-state index is -0.457. The van der Waals surface area contributed by atoms with E-state index in [9.17, 15) is 14.9 Å². The van der Waals surface area contributed by atoms with Gasteiger partial charge in [0.2, 0.25) is 5.95 Å². The third kappa shape index (κ3) is 3.45. The number of anilines is 2. The van der Waals surface area contributed by atoms with E-state index in [4.69, 9.17) is 0 Å². The largest absolute Gasteiger partial charge is 0.359 e. The first kappa shape index (κ1) is 16.9. The first-order chi connectivity index (χ1) is 12.0. The minimum absolute atomic E-state index is 0.0125. The van der Waals surface area contributed by atoms with E-state index in [1.807, 2.05) is 18.9 Å². The van der Waals surface area contributed by atoms with Crippen LogP contribution in [0, 0.1) is 10.1 Å². The summed E-state index contributed by atoms with van der Waals surface area (Å²) in [6.07, 6.45) is 2.50. The molecule has 1 unspecified atom stereocenters. The lowest BCUT2D eigenvalue weighted by Crippen LogP contribution is -2.23. The van der Waals surface area contributed by atoms with E-state index in [1.54, 1.807) is 24.4 Å². The minimum Gasteiger partial charge on any atom is -0.359 e. The number of non-ortho nitro benzene ring substituents is 1. The smallest absolute Gasteiger partial charge is 0.271 e. The van der Waals surface area contributed by atoms with Gasteiger partial charge in [0.25, 0.3) is 5.69 Å². The third-order valence-electron chi connectivity index (χ3n) is 3.80. The van der Waals surface area contributed by atoms with Gasteiger partial charge < -0.3 is 15.0 Å². The molecule has 0 spiro atoms. The number of carbonyl (C=O) groups is 1. The average molecular weight is 357 g/mol. The van der Waals surface area contributed by atoms with E-state index in [1.165, 1.54) is 23.9 Å². The summed E-state index contributed by atoms with van der Waals surface area (Å²) in [7, 11) is 1.86. The maximum atomic E-state index is 11.1. The molecule has 0 fully saturated rings. The molecule has 0 bridgehead atoms. The van der Waals surface area contributed by atoms with E-state index >= 15 is 0 Å². The summed E-state index contributed by atoms with van der Waals surface area (Å²) in [5.41, 5.74) is 2.17. The maximum Gasteiger partial charge on any atom is 0.271 e. The summed E-state index contributed by atoms with van der Waals surface area (Å²) in [6.45, 7) is 1.93. The van der Waals surface area contributed by atoms with Gasteiger partial charge in [-0.25, -0.2) is 9.97 Å². The molecule has 1 N–H and O–H groups in total. The van der Waals surface area contributed by atoms with Crippen LogP contribution in [-0.4, -0.2) is 38.5 Å². The van der Waals surface area contributed by atoms with Crippen molar-refractivity contribution in [2.75, 3.05) is 12.4 Å². The fourth-order valence-corrected chi connectivity index (χ4v) is 3.53. The summed E-state index contributed by atoms with van der Waals surface area (Å²) in [5, 5.41) is 13.6. The quantitative estimate of drug-likeness (QED) is 0.495. The Bertz CT molecular complexity index is 870. The summed E-state index contributed by atoms with van der Waals surface area (Å²) in [5.74, 6) is 0.330. The maximum absolute atomic E-state index is 11.1. The van der Waals surface area contributed by atoms with E-state index in [0.29, 0.717) is 17.3 Å². The molecule has 8 nitrogen and oxygen atoms in total. The van der Waals surface area contributed by atoms with Crippen molar-refractivity contribution < 1.29 is 9.72 Å². The molecule has 1 atom stereocenters. The highest BCUT2D eigenvalue weighted by molar-refractivity contribution is 8.09. The fraction of sp³-hybridized carbons (Fsp3) is 0.188. The van der Waals surface area contributed by atoms with Crippen LogP contribution >= 0.6 is 11.8 Å². The molecule has 1 aliphatic rings. The zero-order chi connectivity index (χ0) is 18.0. The van der Waals surface area contributed by atoms with E-state index in [-0.39, 0.29) is 11.1 Å². The molecule has 2 aromatic rings. The number of nitro benzene ring substituents is 1. The molecule has 128 valence electrons. The lowest BCUT2D eigenvalue weighted by atomic mass is 10.3. The van der Waals surface area contributed by atoms with Crippen LogP contribution in [-0.2, 0) is 4.79 Å². The molecule has 9 heteroatoms. The average Bonchev–Trinajstić information content (AvgIpc) is 2.90. The van der Waals surface area contributed by atoms with Crippen LogP contribution in [0.4, 0.5) is 17.3 Å². The van der Waals surface area contributed by atoms with Gasteiger partial charge in [-0.15, -0.1) is 0 Å². The van der Waals surface area contributed by atoms with Crippen LogP contribution in [0.1, 0.15) is 12.6 Å². The number of hydrogen-bond acceptors (Lipinski definition) is 8. The number of benzene rings is 1. The van der Waals surface area contributed by atoms with Gasteiger partial charge in [-0.3, -0.25) is 10.1 Å². The molecule has 0 radical (unpaired) electrons. The van der Waals surface area contributed by atoms with Crippen molar-refractivity contribution in [1.82, 2.24) is 14.9 Å². The molecule has 2 heterocycles. The van der Waals surface area contributed by atoms with Crippen molar-refractivity contribution in [2.45, 2.75) is 12.3 Å². The molecular formula is C16H15N5O3S. The molecule has 0 saturated carbocycles. The Hall–Kier alpha value is -2.94. The van der Waals surface area contributed by atoms with Crippen molar-refractivity contribution >= 4 is 40.3 Å². The van der Waals surface area contributed by atoms with E-state index in [0.717, 1.165) is 16.9 Å². The zero-order valence-electron chi connectivity index (χ0n) is 13.5. The van der Waals surface area contributed by atoms with Crippen molar-refractivity contribution in [2.24, 2.45) is 0 Å². The summed E-state index contributed by atoms with van der Waals surface area (Å²) in [4.78, 5) is 33.0. The van der Waals surface area contributed by atoms with Crippen LogP contribution in [0.15, 0.2) is 42.2 Å². The van der Waals surface area contributed by atoms with Gasteiger partial charge >= 0.3 is 0 Å². The van der Waals surface area contributed by atoms with Crippen molar-refractivity contribution in [3.8, 4) is 0 Å². The zero-order valence-corrected chi connectivity index (χ0v) is 14.4. The van der Waals surface area contributed by atoms with Gasteiger partial charge in [-0.05, 0) is 19.1 Å². The third-order valence-corrected chi connectivity index (χ3v) is 5.20. The van der Waals surface area contributed by atoms with Gasteiger partial charge in [0.15, 0.2) is 6.29 Å². The van der Waals surface area contributed by atoms with Crippen LogP contribution < -0.4 is 5.32 Å². The molecule has 0 amide bonds. The normalized spacial score (nSPS) is 16.9. The fourth-order valence-electron chi connectivity index (χ4n) is 2.37. The lowest BCUT2D eigenvalue weighted by molar-refractivity contribution is -0.384. The number of thioether (sulfide) groups is 1. The van der Waals surface area contributed by atoms with Gasteiger partial charge in [0.05, 0.1) is 15.5 Å². The predicted octanol–water partition coefficient (Wildman–Crippen LogP) is 3.02. The number of carbonyl (C=O) groups excluding carboxylic acids is 1. The molecule has 1 aromatic heterocycles. The van der Waals surface area contributed by atoms with E-state index in [2.05, 4.69) is 15.3 Å². The molecule has 0 aliphatic carbocycles. The molecule has 3 rings (SSSR count). The van der Waals surface area contributed by atoms with Crippen LogP contribution in [0.2, 0.25) is 0 Å². The number of nitrogens with one attached hydrogen (secondary N) is 1. The predicted molar refractivity (Wildman–Crippen MR) is 96.2 cm³/mol. The standard InChI is InChI=1S/C16H15N5O3S/c1-10-15(25-14(9-22)20(10)2)13-6-7-17-16(19-13)18-11-4-3-5-12(8-11)21(23)24/h3-9,14H,1-2H3,(H,17,18,19). The second-order valence-corrected chi connectivity index (χ2v) is 6.49. The van der Waals surface area contributed by atoms with Gasteiger partial charge in [-0.1, -0.05) is 17.8 Å².